The van der Waals surface area contributed by atoms with E-state index in [9.17, 15) is 8.42 Å². The monoisotopic (exact) mass is 233 g/mol. The van der Waals surface area contributed by atoms with Crippen LogP contribution in [0.1, 0.15) is 31.6 Å². The Hall–Kier alpha value is -0.950. The maximum absolute atomic E-state index is 11.0. The maximum Gasteiger partial charge on any atom is 0.241 e. The minimum absolute atomic E-state index is 0.0867. The third-order valence-electron chi connectivity index (χ3n) is 1.89. The van der Waals surface area contributed by atoms with Crippen molar-refractivity contribution in [3.8, 4) is 0 Å². The van der Waals surface area contributed by atoms with Crippen molar-refractivity contribution in [2.24, 2.45) is 11.7 Å². The van der Waals surface area contributed by atoms with E-state index >= 15 is 0 Å². The highest BCUT2D eigenvalue weighted by atomic mass is 32.2. The average Bonchev–Trinajstić information content (AvgIpc) is 2.48. The second-order valence-electron chi connectivity index (χ2n) is 3.89. The summed E-state index contributed by atoms with van der Waals surface area (Å²) in [5.74, 6) is 0.367. The van der Waals surface area contributed by atoms with Crippen molar-refractivity contribution in [1.82, 2.24) is 10.1 Å². The van der Waals surface area contributed by atoms with Gasteiger partial charge in [-0.3, -0.25) is 0 Å². The van der Waals surface area contributed by atoms with Crippen molar-refractivity contribution in [3.05, 3.63) is 11.7 Å². The molecule has 15 heavy (non-hydrogen) atoms. The molecule has 2 N–H and O–H groups in total. The Kier molecular flexibility index (Phi) is 3.46. The van der Waals surface area contributed by atoms with Crippen molar-refractivity contribution in [2.75, 3.05) is 6.26 Å². The van der Waals surface area contributed by atoms with Crippen LogP contribution < -0.4 is 5.73 Å². The van der Waals surface area contributed by atoms with Gasteiger partial charge in [0.15, 0.2) is 15.7 Å². The summed E-state index contributed by atoms with van der Waals surface area (Å²) in [6, 6.07) is -0.331. The highest BCUT2D eigenvalue weighted by Crippen LogP contribution is 2.15. The highest BCUT2D eigenvalue weighted by molar-refractivity contribution is 7.89. The molecule has 0 saturated carbocycles. The maximum atomic E-state index is 11.0. The molecule has 1 rings (SSSR count). The lowest BCUT2D eigenvalue weighted by atomic mass is 10.1. The van der Waals surface area contributed by atoms with Crippen LogP contribution in [-0.2, 0) is 15.6 Å². The molecule has 1 heterocycles. The molecule has 1 atom stereocenters. The van der Waals surface area contributed by atoms with E-state index in [0.717, 1.165) is 6.26 Å². The van der Waals surface area contributed by atoms with Gasteiger partial charge < -0.3 is 10.3 Å². The quantitative estimate of drug-likeness (QED) is 0.801. The summed E-state index contributed by atoms with van der Waals surface area (Å²) in [5, 5.41) is 3.65. The van der Waals surface area contributed by atoms with Crippen LogP contribution in [0.2, 0.25) is 0 Å². The van der Waals surface area contributed by atoms with Gasteiger partial charge in [0.05, 0.1) is 6.04 Å². The van der Waals surface area contributed by atoms with Gasteiger partial charge in [-0.25, -0.2) is 8.42 Å². The Balaban J connectivity index is 2.81. The standard InChI is InChI=1S/C8H15N3O3S/c1-5(2)7(9)8-10-6(14-11-8)4-15(3,12)13/h5,7H,4,9H2,1-3H3. The summed E-state index contributed by atoms with van der Waals surface area (Å²) < 4.78 is 26.7. The van der Waals surface area contributed by atoms with Crippen LogP contribution in [0.15, 0.2) is 4.52 Å². The Bertz CT molecular complexity index is 424. The topological polar surface area (TPSA) is 99.1 Å². The molecule has 0 bridgehead atoms. The van der Waals surface area contributed by atoms with Gasteiger partial charge in [-0.2, -0.15) is 4.98 Å². The van der Waals surface area contributed by atoms with E-state index < -0.39 is 9.84 Å². The second kappa shape index (κ2) is 4.28. The first kappa shape index (κ1) is 12.1. The zero-order chi connectivity index (χ0) is 11.6. The first-order valence-corrected chi connectivity index (χ1v) is 6.61. The molecule has 1 unspecified atom stereocenters. The third-order valence-corrected chi connectivity index (χ3v) is 2.66. The summed E-state index contributed by atoms with van der Waals surface area (Å²) in [6.07, 6.45) is 1.11. The number of hydrogen-bond donors (Lipinski definition) is 1. The van der Waals surface area contributed by atoms with E-state index in [2.05, 4.69) is 10.1 Å². The predicted molar refractivity (Wildman–Crippen MR) is 54.6 cm³/mol. The molecule has 0 spiro atoms. The summed E-state index contributed by atoms with van der Waals surface area (Å²) >= 11 is 0. The van der Waals surface area contributed by atoms with Crippen molar-refractivity contribution < 1.29 is 12.9 Å². The summed E-state index contributed by atoms with van der Waals surface area (Å²) in [7, 11) is -3.15. The molecule has 0 aliphatic carbocycles. The zero-order valence-corrected chi connectivity index (χ0v) is 9.78. The van der Waals surface area contributed by atoms with Crippen LogP contribution in [0.5, 0.6) is 0 Å². The van der Waals surface area contributed by atoms with E-state index in [1.54, 1.807) is 0 Å². The highest BCUT2D eigenvalue weighted by Gasteiger charge is 2.19. The van der Waals surface area contributed by atoms with Gasteiger partial charge in [-0.1, -0.05) is 19.0 Å². The predicted octanol–water partition coefficient (Wildman–Crippen LogP) is 0.270. The van der Waals surface area contributed by atoms with Crippen LogP contribution in [0.4, 0.5) is 0 Å². The molecule has 7 heteroatoms. The van der Waals surface area contributed by atoms with Gasteiger partial charge in [-0.15, -0.1) is 0 Å². The van der Waals surface area contributed by atoms with Crippen molar-refractivity contribution in [3.63, 3.8) is 0 Å². The minimum atomic E-state index is -3.15. The summed E-state index contributed by atoms with van der Waals surface area (Å²) in [5.41, 5.74) is 5.78. The van der Waals surface area contributed by atoms with E-state index in [1.165, 1.54) is 0 Å². The molecule has 0 amide bonds. The first-order valence-electron chi connectivity index (χ1n) is 4.55. The molecule has 0 fully saturated rings. The number of nitrogens with two attached hydrogens (primary N) is 1. The third kappa shape index (κ3) is 3.60. The van der Waals surface area contributed by atoms with Gasteiger partial charge in [0, 0.05) is 6.26 Å². The van der Waals surface area contributed by atoms with Gasteiger partial charge in [0.2, 0.25) is 5.89 Å². The van der Waals surface area contributed by atoms with E-state index in [0.29, 0.717) is 5.82 Å². The Morgan fingerprint density at radius 2 is 2.07 bits per heavy atom. The first-order chi connectivity index (χ1) is 6.79. The van der Waals surface area contributed by atoms with Gasteiger partial charge in [-0.05, 0) is 5.92 Å². The lowest BCUT2D eigenvalue weighted by Crippen LogP contribution is -2.18. The van der Waals surface area contributed by atoms with Crippen molar-refractivity contribution in [2.45, 2.75) is 25.6 Å². The van der Waals surface area contributed by atoms with Crippen LogP contribution in [0, 0.1) is 5.92 Å². The SMILES string of the molecule is CC(C)C(N)c1noc(CS(C)(=O)=O)n1. The molecule has 6 nitrogen and oxygen atoms in total. The molecule has 1 aromatic rings. The Morgan fingerprint density at radius 3 is 2.53 bits per heavy atom. The largest absolute Gasteiger partial charge is 0.338 e. The fraction of sp³-hybridized carbons (Fsp3) is 0.750. The van der Waals surface area contributed by atoms with Crippen LogP contribution in [0.3, 0.4) is 0 Å². The summed E-state index contributed by atoms with van der Waals surface area (Å²) in [4.78, 5) is 3.93. The smallest absolute Gasteiger partial charge is 0.241 e. The molecular formula is C8H15N3O3S. The van der Waals surface area contributed by atoms with Crippen LogP contribution in [0.25, 0.3) is 0 Å². The van der Waals surface area contributed by atoms with E-state index in [-0.39, 0.29) is 23.6 Å². The van der Waals surface area contributed by atoms with Gasteiger partial charge >= 0.3 is 0 Å². The van der Waals surface area contributed by atoms with E-state index in [4.69, 9.17) is 10.3 Å². The fourth-order valence-electron chi connectivity index (χ4n) is 0.984. The molecule has 1 aromatic heterocycles. The molecule has 0 aromatic carbocycles. The Morgan fingerprint density at radius 1 is 1.47 bits per heavy atom. The molecule has 86 valence electrons. The lowest BCUT2D eigenvalue weighted by molar-refractivity contribution is 0.371. The normalized spacial score (nSPS) is 14.5. The van der Waals surface area contributed by atoms with Crippen LogP contribution >= 0.6 is 0 Å². The minimum Gasteiger partial charge on any atom is -0.338 e. The number of sulfone groups is 1. The van der Waals surface area contributed by atoms with Crippen molar-refractivity contribution in [1.29, 1.82) is 0 Å². The number of nitrogens with zero attached hydrogens (tertiary/aromatic N) is 2. The molecule has 0 aliphatic rings. The van der Waals surface area contributed by atoms with Gasteiger partial charge in [0.1, 0.15) is 5.75 Å². The fourth-order valence-corrected chi connectivity index (χ4v) is 1.55. The van der Waals surface area contributed by atoms with Crippen molar-refractivity contribution >= 4 is 9.84 Å². The molecule has 0 saturated heterocycles. The number of aromatic nitrogens is 2. The van der Waals surface area contributed by atoms with Crippen LogP contribution in [-0.4, -0.2) is 24.8 Å². The van der Waals surface area contributed by atoms with Gasteiger partial charge in [0.25, 0.3) is 0 Å². The number of hydrogen-bond acceptors (Lipinski definition) is 6. The second-order valence-corrected chi connectivity index (χ2v) is 6.03. The lowest BCUT2D eigenvalue weighted by Gasteiger charge is -2.09. The average molecular weight is 233 g/mol. The Labute approximate surface area is 88.8 Å². The van der Waals surface area contributed by atoms with E-state index in [1.807, 2.05) is 13.8 Å². The molecule has 0 radical (unpaired) electrons. The molecular weight excluding hydrogens is 218 g/mol. The summed E-state index contributed by atoms with van der Waals surface area (Å²) in [6.45, 7) is 3.86. The number of rotatable bonds is 4. The molecule has 0 aliphatic heterocycles. The zero-order valence-electron chi connectivity index (χ0n) is 8.97.